The van der Waals surface area contributed by atoms with Gasteiger partial charge in [0.2, 0.25) is 10.0 Å². The molecule has 0 bridgehead atoms. The van der Waals surface area contributed by atoms with Gasteiger partial charge in [0, 0.05) is 0 Å². The summed E-state index contributed by atoms with van der Waals surface area (Å²) in [5.74, 6) is -0.0296. The van der Waals surface area contributed by atoms with Crippen LogP contribution >= 0.6 is 0 Å². The molecule has 0 fully saturated rings. The SMILES string of the molecule is NS(=O)(=O)c1ccccc1[C@H]1CCc2c(CC[C@@H](O)C(F)(F)F)cccc2C1. The number of sulfonamides is 1. The molecule has 3 N–H and O–H groups in total. The molecule has 0 radical (unpaired) electrons. The van der Waals surface area contributed by atoms with Crippen LogP contribution in [0.3, 0.4) is 0 Å². The topological polar surface area (TPSA) is 80.4 Å². The lowest BCUT2D eigenvalue weighted by molar-refractivity contribution is -0.205. The van der Waals surface area contributed by atoms with Crippen LogP contribution in [-0.4, -0.2) is 25.8 Å². The molecule has 0 aliphatic heterocycles. The highest BCUT2D eigenvalue weighted by atomic mass is 32.2. The Balaban J connectivity index is 1.83. The number of hydrogen-bond donors (Lipinski definition) is 2. The van der Waals surface area contributed by atoms with Crippen molar-refractivity contribution in [3.05, 3.63) is 64.7 Å². The van der Waals surface area contributed by atoms with Crippen LogP contribution in [0.4, 0.5) is 13.2 Å². The number of primary sulfonamides is 1. The van der Waals surface area contributed by atoms with Crippen molar-refractivity contribution in [3.8, 4) is 0 Å². The zero-order valence-electron chi connectivity index (χ0n) is 15.1. The fraction of sp³-hybridized carbons (Fsp3) is 0.400. The molecular formula is C20H22F3NO3S. The smallest absolute Gasteiger partial charge is 0.384 e. The van der Waals surface area contributed by atoms with Gasteiger partial charge >= 0.3 is 6.18 Å². The first kappa shape index (κ1) is 20.8. The van der Waals surface area contributed by atoms with E-state index in [0.717, 1.165) is 16.7 Å². The summed E-state index contributed by atoms with van der Waals surface area (Å²) in [6.07, 6.45) is -5.27. The molecule has 0 amide bonds. The lowest BCUT2D eigenvalue weighted by atomic mass is 9.78. The Labute approximate surface area is 162 Å². The van der Waals surface area contributed by atoms with Gasteiger partial charge in [-0.15, -0.1) is 0 Å². The second-order valence-electron chi connectivity index (χ2n) is 7.17. The van der Waals surface area contributed by atoms with Crippen molar-refractivity contribution in [1.29, 1.82) is 0 Å². The zero-order valence-corrected chi connectivity index (χ0v) is 15.9. The average Bonchev–Trinajstić information content (AvgIpc) is 2.64. The fourth-order valence-corrected chi connectivity index (χ4v) is 4.75. The van der Waals surface area contributed by atoms with Gasteiger partial charge in [-0.3, -0.25) is 0 Å². The lowest BCUT2D eigenvalue weighted by Gasteiger charge is -2.28. The number of benzene rings is 2. The molecule has 2 aromatic carbocycles. The number of fused-ring (bicyclic) bond motifs is 1. The molecule has 28 heavy (non-hydrogen) atoms. The standard InChI is InChI=1S/C20H22F3NO3S/c21-20(22,23)19(25)11-9-13-4-3-5-14-12-15(8-10-16(13)14)17-6-1-2-7-18(17)28(24,26)27/h1-7,15,19,25H,8-12H2,(H2,24,26,27)/t15-,19+/m0/s1. The van der Waals surface area contributed by atoms with Gasteiger partial charge in [-0.05, 0) is 66.3 Å². The maximum Gasteiger partial charge on any atom is 0.414 e. The van der Waals surface area contributed by atoms with Crippen LogP contribution in [0.1, 0.15) is 41.0 Å². The molecule has 0 saturated carbocycles. The van der Waals surface area contributed by atoms with Gasteiger partial charge in [0.15, 0.2) is 0 Å². The minimum Gasteiger partial charge on any atom is -0.384 e. The van der Waals surface area contributed by atoms with Crippen LogP contribution < -0.4 is 5.14 Å². The first-order chi connectivity index (χ1) is 13.1. The minimum atomic E-state index is -4.61. The van der Waals surface area contributed by atoms with E-state index in [4.69, 9.17) is 5.14 Å². The normalized spacial score (nSPS) is 18.5. The maximum absolute atomic E-state index is 12.6. The Hall–Kier alpha value is -1.90. The van der Waals surface area contributed by atoms with Gasteiger partial charge in [0.25, 0.3) is 0 Å². The number of halogens is 3. The van der Waals surface area contributed by atoms with Crippen LogP contribution in [0.25, 0.3) is 0 Å². The summed E-state index contributed by atoms with van der Waals surface area (Å²) >= 11 is 0. The molecule has 3 rings (SSSR count). The number of aliphatic hydroxyl groups is 1. The summed E-state index contributed by atoms with van der Waals surface area (Å²) in [5.41, 5.74) is 3.48. The van der Waals surface area contributed by atoms with Crippen molar-refractivity contribution >= 4 is 10.0 Å². The Morgan fingerprint density at radius 1 is 1.14 bits per heavy atom. The average molecular weight is 413 g/mol. The molecule has 0 spiro atoms. The minimum absolute atomic E-state index is 0.0296. The Morgan fingerprint density at radius 2 is 1.86 bits per heavy atom. The number of aryl methyl sites for hydroxylation is 1. The number of rotatable bonds is 5. The Kier molecular flexibility index (Phi) is 5.84. The van der Waals surface area contributed by atoms with Gasteiger partial charge in [-0.1, -0.05) is 36.4 Å². The maximum atomic E-state index is 12.6. The van der Waals surface area contributed by atoms with Gasteiger partial charge in [-0.25, -0.2) is 13.6 Å². The molecule has 2 aromatic rings. The monoisotopic (exact) mass is 413 g/mol. The summed E-state index contributed by atoms with van der Waals surface area (Å²) in [6, 6.07) is 12.2. The molecule has 1 aliphatic rings. The molecule has 1 aliphatic carbocycles. The third-order valence-corrected chi connectivity index (χ3v) is 6.29. The molecule has 152 valence electrons. The molecule has 2 atom stereocenters. The molecular weight excluding hydrogens is 391 g/mol. The first-order valence-corrected chi connectivity index (χ1v) is 10.6. The van der Waals surface area contributed by atoms with E-state index in [0.29, 0.717) is 24.8 Å². The van der Waals surface area contributed by atoms with Crippen molar-refractivity contribution in [3.63, 3.8) is 0 Å². The molecule has 0 aromatic heterocycles. The van der Waals surface area contributed by atoms with E-state index >= 15 is 0 Å². The van der Waals surface area contributed by atoms with Crippen LogP contribution in [0, 0.1) is 0 Å². The third kappa shape index (κ3) is 4.56. The van der Waals surface area contributed by atoms with Crippen LogP contribution in [0.15, 0.2) is 47.4 Å². The Bertz CT molecular complexity index is 957. The van der Waals surface area contributed by atoms with E-state index in [1.807, 2.05) is 6.07 Å². The second kappa shape index (κ2) is 7.85. The predicted molar refractivity (Wildman–Crippen MR) is 99.4 cm³/mol. The fourth-order valence-electron chi connectivity index (χ4n) is 3.92. The van der Waals surface area contributed by atoms with E-state index in [1.165, 1.54) is 6.07 Å². The van der Waals surface area contributed by atoms with E-state index in [1.54, 1.807) is 30.3 Å². The molecule has 0 heterocycles. The lowest BCUT2D eigenvalue weighted by Crippen LogP contribution is -2.29. The van der Waals surface area contributed by atoms with Crippen molar-refractivity contribution in [2.75, 3.05) is 0 Å². The summed E-state index contributed by atoms with van der Waals surface area (Å²) in [4.78, 5) is 0.118. The summed E-state index contributed by atoms with van der Waals surface area (Å²) in [6.45, 7) is 0. The van der Waals surface area contributed by atoms with E-state index in [2.05, 4.69) is 0 Å². The van der Waals surface area contributed by atoms with E-state index in [-0.39, 0.29) is 23.7 Å². The van der Waals surface area contributed by atoms with Crippen LogP contribution in [0.2, 0.25) is 0 Å². The summed E-state index contributed by atoms with van der Waals surface area (Å²) in [5, 5.41) is 14.6. The highest BCUT2D eigenvalue weighted by Gasteiger charge is 2.37. The van der Waals surface area contributed by atoms with Crippen LogP contribution in [0.5, 0.6) is 0 Å². The van der Waals surface area contributed by atoms with Gasteiger partial charge in [-0.2, -0.15) is 13.2 Å². The van der Waals surface area contributed by atoms with Crippen LogP contribution in [-0.2, 0) is 29.3 Å². The van der Waals surface area contributed by atoms with Crippen molar-refractivity contribution in [1.82, 2.24) is 0 Å². The summed E-state index contributed by atoms with van der Waals surface area (Å²) < 4.78 is 61.4. The molecule has 4 nitrogen and oxygen atoms in total. The van der Waals surface area contributed by atoms with Crippen molar-refractivity contribution < 1.29 is 26.7 Å². The van der Waals surface area contributed by atoms with E-state index in [9.17, 15) is 26.7 Å². The third-order valence-electron chi connectivity index (χ3n) is 5.31. The highest BCUT2D eigenvalue weighted by molar-refractivity contribution is 7.89. The number of nitrogens with two attached hydrogens (primary N) is 1. The number of aliphatic hydroxyl groups excluding tert-OH is 1. The van der Waals surface area contributed by atoms with E-state index < -0.39 is 22.3 Å². The Morgan fingerprint density at radius 3 is 2.54 bits per heavy atom. The van der Waals surface area contributed by atoms with Crippen molar-refractivity contribution in [2.45, 2.75) is 55.2 Å². The number of alkyl halides is 3. The molecule has 8 heteroatoms. The quantitative estimate of drug-likeness (QED) is 0.788. The number of hydrogen-bond acceptors (Lipinski definition) is 3. The van der Waals surface area contributed by atoms with Gasteiger partial charge in [0.1, 0.15) is 6.10 Å². The zero-order chi connectivity index (χ0) is 20.5. The first-order valence-electron chi connectivity index (χ1n) is 9.03. The molecule has 0 saturated heterocycles. The molecule has 0 unspecified atom stereocenters. The second-order valence-corrected chi connectivity index (χ2v) is 8.70. The largest absolute Gasteiger partial charge is 0.414 e. The highest BCUT2D eigenvalue weighted by Crippen LogP contribution is 2.37. The van der Waals surface area contributed by atoms with Gasteiger partial charge in [0.05, 0.1) is 4.90 Å². The van der Waals surface area contributed by atoms with Crippen molar-refractivity contribution in [2.24, 2.45) is 5.14 Å². The summed E-state index contributed by atoms with van der Waals surface area (Å²) in [7, 11) is -3.83. The predicted octanol–water partition coefficient (Wildman–Crippen LogP) is 3.46. The van der Waals surface area contributed by atoms with Gasteiger partial charge < -0.3 is 5.11 Å².